The lowest BCUT2D eigenvalue weighted by atomic mass is 10.1. The summed E-state index contributed by atoms with van der Waals surface area (Å²) in [7, 11) is 0. The van der Waals surface area contributed by atoms with Gasteiger partial charge < -0.3 is 15.8 Å². The third kappa shape index (κ3) is 2.26. The normalized spacial score (nSPS) is 19.5. The van der Waals surface area contributed by atoms with Crippen LogP contribution in [0, 0.1) is 0 Å². The van der Waals surface area contributed by atoms with Gasteiger partial charge in [-0.05, 0) is 25.0 Å². The van der Waals surface area contributed by atoms with Crippen LogP contribution in [-0.2, 0) is 4.74 Å². The Hall–Kier alpha value is -2.08. The van der Waals surface area contributed by atoms with E-state index in [1.54, 1.807) is 4.52 Å². The van der Waals surface area contributed by atoms with Crippen molar-refractivity contribution < 1.29 is 9.53 Å². The zero-order valence-electron chi connectivity index (χ0n) is 10.5. The number of hydrogen-bond acceptors (Lipinski definition) is 4. The zero-order valence-corrected chi connectivity index (χ0v) is 10.5. The first kappa shape index (κ1) is 12.0. The number of anilines is 1. The Labute approximate surface area is 110 Å². The van der Waals surface area contributed by atoms with Gasteiger partial charge in [0.1, 0.15) is 0 Å². The minimum atomic E-state index is -0.476. The van der Waals surface area contributed by atoms with E-state index in [0.717, 1.165) is 30.7 Å². The average molecular weight is 260 g/mol. The summed E-state index contributed by atoms with van der Waals surface area (Å²) in [5.74, 6) is -0.476. The fourth-order valence-corrected chi connectivity index (χ4v) is 2.39. The SMILES string of the molecule is NC(=O)c1cnn2cccc2c1NC1CCCOC1. The number of primary amides is 1. The fourth-order valence-electron chi connectivity index (χ4n) is 2.39. The molecule has 3 rings (SSSR count). The number of aromatic nitrogens is 2. The Bertz CT molecular complexity index is 602. The van der Waals surface area contributed by atoms with E-state index >= 15 is 0 Å². The van der Waals surface area contributed by atoms with Crippen LogP contribution in [-0.4, -0.2) is 34.8 Å². The lowest BCUT2D eigenvalue weighted by Crippen LogP contribution is -2.31. The number of rotatable bonds is 3. The van der Waals surface area contributed by atoms with Gasteiger partial charge in [0.2, 0.25) is 0 Å². The topological polar surface area (TPSA) is 81.7 Å². The van der Waals surface area contributed by atoms with Gasteiger partial charge in [0.05, 0.1) is 29.6 Å². The second-order valence-corrected chi connectivity index (χ2v) is 4.69. The number of fused-ring (bicyclic) bond motifs is 1. The molecular formula is C13H16N4O2. The summed E-state index contributed by atoms with van der Waals surface area (Å²) < 4.78 is 7.17. The van der Waals surface area contributed by atoms with Gasteiger partial charge in [-0.1, -0.05) is 0 Å². The van der Waals surface area contributed by atoms with Crippen molar-refractivity contribution in [3.8, 4) is 0 Å². The molecule has 3 heterocycles. The Morgan fingerprint density at radius 3 is 3.21 bits per heavy atom. The van der Waals surface area contributed by atoms with Gasteiger partial charge >= 0.3 is 0 Å². The number of ether oxygens (including phenoxy) is 1. The fraction of sp³-hybridized carbons (Fsp3) is 0.385. The van der Waals surface area contributed by atoms with E-state index in [0.29, 0.717) is 12.2 Å². The molecule has 1 amide bonds. The van der Waals surface area contributed by atoms with Gasteiger partial charge in [-0.3, -0.25) is 4.79 Å². The highest BCUT2D eigenvalue weighted by atomic mass is 16.5. The molecule has 1 aliphatic rings. The number of hydrogen-bond donors (Lipinski definition) is 2. The molecule has 2 aromatic rings. The lowest BCUT2D eigenvalue weighted by molar-refractivity contribution is 0.0875. The summed E-state index contributed by atoms with van der Waals surface area (Å²) in [4.78, 5) is 11.5. The minimum absolute atomic E-state index is 0.202. The maximum atomic E-state index is 11.5. The maximum absolute atomic E-state index is 11.5. The molecule has 2 aromatic heterocycles. The van der Waals surface area contributed by atoms with Crippen LogP contribution in [0.3, 0.4) is 0 Å². The minimum Gasteiger partial charge on any atom is -0.379 e. The van der Waals surface area contributed by atoms with E-state index in [4.69, 9.17) is 10.5 Å². The average Bonchev–Trinajstić information content (AvgIpc) is 2.88. The molecule has 0 aromatic carbocycles. The number of nitrogens with two attached hydrogens (primary N) is 1. The predicted molar refractivity (Wildman–Crippen MR) is 71.2 cm³/mol. The van der Waals surface area contributed by atoms with Crippen molar-refractivity contribution in [3.05, 3.63) is 30.1 Å². The third-order valence-corrected chi connectivity index (χ3v) is 3.34. The number of nitrogens with zero attached hydrogens (tertiary/aromatic N) is 2. The highest BCUT2D eigenvalue weighted by molar-refractivity contribution is 6.01. The first-order valence-electron chi connectivity index (χ1n) is 6.36. The molecule has 0 saturated carbocycles. The standard InChI is InChI=1S/C13H16N4O2/c14-13(18)10-7-15-17-5-1-4-11(17)12(10)16-9-3-2-6-19-8-9/h1,4-5,7,9,16H,2-3,6,8H2,(H2,14,18). The lowest BCUT2D eigenvalue weighted by Gasteiger charge is -2.25. The first-order chi connectivity index (χ1) is 9.25. The van der Waals surface area contributed by atoms with Gasteiger partial charge in [-0.2, -0.15) is 5.10 Å². The van der Waals surface area contributed by atoms with Crippen LogP contribution in [0.15, 0.2) is 24.5 Å². The molecule has 0 radical (unpaired) electrons. The van der Waals surface area contributed by atoms with Crippen LogP contribution < -0.4 is 11.1 Å². The van der Waals surface area contributed by atoms with Gasteiger partial charge in [0.15, 0.2) is 0 Å². The summed E-state index contributed by atoms with van der Waals surface area (Å²) in [6, 6.07) is 3.99. The van der Waals surface area contributed by atoms with E-state index < -0.39 is 5.91 Å². The third-order valence-electron chi connectivity index (χ3n) is 3.34. The predicted octanol–water partition coefficient (Wildman–Crippen LogP) is 1.02. The summed E-state index contributed by atoms with van der Waals surface area (Å²) >= 11 is 0. The van der Waals surface area contributed by atoms with E-state index in [1.807, 2.05) is 18.3 Å². The first-order valence-corrected chi connectivity index (χ1v) is 6.36. The summed E-state index contributed by atoms with van der Waals surface area (Å²) in [6.07, 6.45) is 5.38. The van der Waals surface area contributed by atoms with E-state index in [9.17, 15) is 4.79 Å². The van der Waals surface area contributed by atoms with Crippen molar-refractivity contribution in [2.24, 2.45) is 5.73 Å². The Kier molecular flexibility index (Phi) is 3.08. The molecule has 1 aliphatic heterocycles. The van der Waals surface area contributed by atoms with Crippen molar-refractivity contribution >= 4 is 17.1 Å². The van der Waals surface area contributed by atoms with Crippen molar-refractivity contribution in [1.29, 1.82) is 0 Å². The molecule has 100 valence electrons. The Morgan fingerprint density at radius 2 is 2.47 bits per heavy atom. The van der Waals surface area contributed by atoms with E-state index in [-0.39, 0.29) is 6.04 Å². The number of carbonyl (C=O) groups excluding carboxylic acids is 1. The molecule has 6 heteroatoms. The summed E-state index contributed by atoms with van der Waals surface area (Å²) in [5, 5.41) is 7.53. The summed E-state index contributed by atoms with van der Waals surface area (Å²) in [6.45, 7) is 1.45. The van der Waals surface area contributed by atoms with Crippen LogP contribution in [0.5, 0.6) is 0 Å². The molecule has 3 N–H and O–H groups in total. The molecule has 6 nitrogen and oxygen atoms in total. The molecule has 1 saturated heterocycles. The number of amides is 1. The molecule has 0 aliphatic carbocycles. The van der Waals surface area contributed by atoms with Crippen LogP contribution in [0.2, 0.25) is 0 Å². The molecular weight excluding hydrogens is 244 g/mol. The monoisotopic (exact) mass is 260 g/mol. The second kappa shape index (κ2) is 4.89. The highest BCUT2D eigenvalue weighted by Gasteiger charge is 2.19. The smallest absolute Gasteiger partial charge is 0.252 e. The highest BCUT2D eigenvalue weighted by Crippen LogP contribution is 2.24. The van der Waals surface area contributed by atoms with Crippen LogP contribution in [0.4, 0.5) is 5.69 Å². The van der Waals surface area contributed by atoms with E-state index in [1.165, 1.54) is 6.20 Å². The maximum Gasteiger partial charge on any atom is 0.252 e. The van der Waals surface area contributed by atoms with Gasteiger partial charge in [-0.15, -0.1) is 0 Å². The molecule has 0 bridgehead atoms. The largest absolute Gasteiger partial charge is 0.379 e. The van der Waals surface area contributed by atoms with Gasteiger partial charge in [-0.25, -0.2) is 4.52 Å². The van der Waals surface area contributed by atoms with Crippen molar-refractivity contribution in [3.63, 3.8) is 0 Å². The Balaban J connectivity index is 2.00. The molecule has 1 atom stereocenters. The zero-order chi connectivity index (χ0) is 13.2. The van der Waals surface area contributed by atoms with Gasteiger partial charge in [0.25, 0.3) is 5.91 Å². The van der Waals surface area contributed by atoms with Crippen LogP contribution in [0.1, 0.15) is 23.2 Å². The van der Waals surface area contributed by atoms with Crippen molar-refractivity contribution in [2.75, 3.05) is 18.5 Å². The van der Waals surface area contributed by atoms with Crippen LogP contribution in [0.25, 0.3) is 5.52 Å². The van der Waals surface area contributed by atoms with E-state index in [2.05, 4.69) is 10.4 Å². The molecule has 1 fully saturated rings. The quantitative estimate of drug-likeness (QED) is 0.863. The van der Waals surface area contributed by atoms with Crippen molar-refractivity contribution in [1.82, 2.24) is 9.61 Å². The number of carbonyl (C=O) groups is 1. The van der Waals surface area contributed by atoms with Crippen molar-refractivity contribution in [2.45, 2.75) is 18.9 Å². The van der Waals surface area contributed by atoms with Gasteiger partial charge in [0, 0.05) is 18.8 Å². The molecule has 19 heavy (non-hydrogen) atoms. The molecule has 1 unspecified atom stereocenters. The Morgan fingerprint density at radius 1 is 1.58 bits per heavy atom. The molecule has 0 spiro atoms. The number of nitrogens with one attached hydrogen (secondary N) is 1. The second-order valence-electron chi connectivity index (χ2n) is 4.69. The summed E-state index contributed by atoms with van der Waals surface area (Å²) in [5.41, 5.74) is 7.42. The van der Waals surface area contributed by atoms with Crippen LogP contribution >= 0.6 is 0 Å².